The van der Waals surface area contributed by atoms with Crippen molar-refractivity contribution >= 4 is 34.7 Å². The molecular weight excluding hydrogens is 423 g/mol. The van der Waals surface area contributed by atoms with E-state index >= 15 is 0 Å². The summed E-state index contributed by atoms with van der Waals surface area (Å²) in [7, 11) is 0. The number of hydrogen-bond donors (Lipinski definition) is 2. The van der Waals surface area contributed by atoms with Gasteiger partial charge in [0.05, 0.1) is 10.5 Å². The van der Waals surface area contributed by atoms with Gasteiger partial charge >= 0.3 is 12.1 Å². The van der Waals surface area contributed by atoms with E-state index in [1.807, 2.05) is 0 Å². The van der Waals surface area contributed by atoms with Gasteiger partial charge < -0.3 is 15.4 Å². The SMILES string of the molecule is CC(=O)c1cccc(NC(=O)COC(=O)CNc2ccc(C(F)(F)F)cc2[N+](=O)[O-])c1. The summed E-state index contributed by atoms with van der Waals surface area (Å²) in [5, 5.41) is 15.7. The number of esters is 1. The molecule has 31 heavy (non-hydrogen) atoms. The minimum atomic E-state index is -4.76. The molecule has 0 heterocycles. The number of nitrogens with one attached hydrogen (secondary N) is 2. The van der Waals surface area contributed by atoms with E-state index in [2.05, 4.69) is 10.6 Å². The molecule has 2 N–H and O–H groups in total. The maximum atomic E-state index is 12.7. The third-order valence-electron chi connectivity index (χ3n) is 3.86. The molecule has 12 heteroatoms. The number of ketones is 1. The van der Waals surface area contributed by atoms with Crippen LogP contribution < -0.4 is 10.6 Å². The van der Waals surface area contributed by atoms with Gasteiger partial charge in [-0.25, -0.2) is 0 Å². The van der Waals surface area contributed by atoms with E-state index in [1.54, 1.807) is 12.1 Å². The lowest BCUT2D eigenvalue weighted by Crippen LogP contribution is -2.24. The number of nitrogens with zero attached hydrogens (tertiary/aromatic N) is 1. The molecule has 0 fully saturated rings. The number of benzene rings is 2. The predicted molar refractivity (Wildman–Crippen MR) is 103 cm³/mol. The molecule has 0 radical (unpaired) electrons. The zero-order chi connectivity index (χ0) is 23.2. The van der Waals surface area contributed by atoms with Crippen LogP contribution in [-0.4, -0.2) is 35.7 Å². The first-order valence-corrected chi connectivity index (χ1v) is 8.63. The highest BCUT2D eigenvalue weighted by Gasteiger charge is 2.33. The van der Waals surface area contributed by atoms with Crippen molar-refractivity contribution in [3.63, 3.8) is 0 Å². The fraction of sp³-hybridized carbons (Fsp3) is 0.211. The fourth-order valence-corrected chi connectivity index (χ4v) is 2.39. The van der Waals surface area contributed by atoms with E-state index < -0.39 is 47.4 Å². The van der Waals surface area contributed by atoms with Gasteiger partial charge in [0.15, 0.2) is 12.4 Å². The van der Waals surface area contributed by atoms with Gasteiger partial charge in [0.2, 0.25) is 0 Å². The third kappa shape index (κ3) is 6.80. The molecule has 2 rings (SSSR count). The number of ether oxygens (including phenoxy) is 1. The van der Waals surface area contributed by atoms with Crippen molar-refractivity contribution in [2.24, 2.45) is 0 Å². The number of nitro benzene ring substituents is 1. The normalized spacial score (nSPS) is 10.8. The predicted octanol–water partition coefficient (Wildman–Crippen LogP) is 3.41. The largest absolute Gasteiger partial charge is 0.454 e. The second-order valence-corrected chi connectivity index (χ2v) is 6.19. The van der Waals surface area contributed by atoms with Crippen molar-refractivity contribution < 1.29 is 37.2 Å². The molecule has 0 aliphatic carbocycles. The molecule has 0 aliphatic heterocycles. The van der Waals surface area contributed by atoms with Crippen molar-refractivity contribution in [2.75, 3.05) is 23.8 Å². The summed E-state index contributed by atoms with van der Waals surface area (Å²) in [6.07, 6.45) is -4.76. The number of rotatable bonds is 8. The number of carbonyl (C=O) groups is 3. The third-order valence-corrected chi connectivity index (χ3v) is 3.86. The molecule has 2 aromatic rings. The number of nitro groups is 1. The summed E-state index contributed by atoms with van der Waals surface area (Å²) in [6, 6.07) is 7.87. The van der Waals surface area contributed by atoms with Crippen LogP contribution in [0.4, 0.5) is 30.2 Å². The molecule has 0 atom stereocenters. The van der Waals surface area contributed by atoms with Gasteiger partial charge in [0.1, 0.15) is 12.2 Å². The summed E-state index contributed by atoms with van der Waals surface area (Å²) in [6.45, 7) is 0.0515. The van der Waals surface area contributed by atoms with Crippen LogP contribution in [0.25, 0.3) is 0 Å². The van der Waals surface area contributed by atoms with Crippen LogP contribution in [0.5, 0.6) is 0 Å². The van der Waals surface area contributed by atoms with Gasteiger partial charge in [0, 0.05) is 17.3 Å². The van der Waals surface area contributed by atoms with Gasteiger partial charge in [0.25, 0.3) is 11.6 Å². The first-order valence-electron chi connectivity index (χ1n) is 8.63. The molecule has 0 aromatic heterocycles. The van der Waals surface area contributed by atoms with Crippen LogP contribution in [0.1, 0.15) is 22.8 Å². The maximum Gasteiger partial charge on any atom is 0.416 e. The van der Waals surface area contributed by atoms with E-state index in [1.165, 1.54) is 19.1 Å². The molecule has 164 valence electrons. The summed E-state index contributed by atoms with van der Waals surface area (Å²) in [5.41, 5.74) is -1.71. The fourth-order valence-electron chi connectivity index (χ4n) is 2.39. The maximum absolute atomic E-state index is 12.7. The number of amides is 1. The number of hydrogen-bond acceptors (Lipinski definition) is 7. The lowest BCUT2D eigenvalue weighted by molar-refractivity contribution is -0.384. The Morgan fingerprint density at radius 3 is 2.45 bits per heavy atom. The van der Waals surface area contributed by atoms with Gasteiger partial charge in [-0.1, -0.05) is 12.1 Å². The average molecular weight is 439 g/mol. The molecule has 0 unspecified atom stereocenters. The van der Waals surface area contributed by atoms with E-state index in [0.717, 1.165) is 6.07 Å². The Labute approximate surface area is 173 Å². The van der Waals surface area contributed by atoms with Crippen molar-refractivity contribution in [1.29, 1.82) is 0 Å². The van der Waals surface area contributed by atoms with Crippen LogP contribution in [0, 0.1) is 10.1 Å². The second-order valence-electron chi connectivity index (χ2n) is 6.19. The van der Waals surface area contributed by atoms with Gasteiger partial charge in [-0.05, 0) is 31.2 Å². The standard InChI is InChI=1S/C19H16F3N3O6/c1-11(26)12-3-2-4-14(7-12)24-17(27)10-31-18(28)9-23-15-6-5-13(19(20,21)22)8-16(15)25(29)30/h2-8,23H,9-10H2,1H3,(H,24,27). The van der Waals surface area contributed by atoms with Crippen LogP contribution in [0.15, 0.2) is 42.5 Å². The van der Waals surface area contributed by atoms with Crippen molar-refractivity contribution in [3.8, 4) is 0 Å². The molecular formula is C19H16F3N3O6. The number of Topliss-reactive ketones (excluding diaryl/α,β-unsaturated/α-hetero) is 1. The highest BCUT2D eigenvalue weighted by atomic mass is 19.4. The Morgan fingerprint density at radius 1 is 1.13 bits per heavy atom. The Bertz CT molecular complexity index is 1020. The molecule has 0 saturated carbocycles. The minimum absolute atomic E-state index is 0.203. The summed E-state index contributed by atoms with van der Waals surface area (Å²) >= 11 is 0. The summed E-state index contributed by atoms with van der Waals surface area (Å²) in [5.74, 6) is -1.87. The molecule has 0 aliphatic rings. The van der Waals surface area contributed by atoms with E-state index in [9.17, 15) is 37.7 Å². The molecule has 0 spiro atoms. The van der Waals surface area contributed by atoms with Gasteiger partial charge in [-0.3, -0.25) is 24.5 Å². The lowest BCUT2D eigenvalue weighted by Gasteiger charge is -2.11. The van der Waals surface area contributed by atoms with Crippen LogP contribution >= 0.6 is 0 Å². The van der Waals surface area contributed by atoms with E-state index in [4.69, 9.17) is 4.74 Å². The highest BCUT2D eigenvalue weighted by Crippen LogP contribution is 2.34. The smallest absolute Gasteiger partial charge is 0.416 e. The van der Waals surface area contributed by atoms with Gasteiger partial charge in [-0.2, -0.15) is 13.2 Å². The Kier molecular flexibility index (Phi) is 7.29. The van der Waals surface area contributed by atoms with E-state index in [0.29, 0.717) is 23.4 Å². The topological polar surface area (TPSA) is 128 Å². The second kappa shape index (κ2) is 9.69. The first kappa shape index (κ1) is 23.3. The summed E-state index contributed by atoms with van der Waals surface area (Å²) < 4.78 is 42.8. The molecule has 2 aromatic carbocycles. The Hall–Kier alpha value is -3.96. The van der Waals surface area contributed by atoms with Crippen molar-refractivity contribution in [3.05, 3.63) is 63.7 Å². The van der Waals surface area contributed by atoms with Crippen LogP contribution in [0.3, 0.4) is 0 Å². The quantitative estimate of drug-likeness (QED) is 0.279. The van der Waals surface area contributed by atoms with E-state index in [-0.39, 0.29) is 11.5 Å². The highest BCUT2D eigenvalue weighted by molar-refractivity contribution is 5.97. The molecule has 9 nitrogen and oxygen atoms in total. The van der Waals surface area contributed by atoms with Crippen LogP contribution in [0.2, 0.25) is 0 Å². The monoisotopic (exact) mass is 439 g/mol. The minimum Gasteiger partial charge on any atom is -0.454 e. The number of alkyl halides is 3. The molecule has 0 saturated heterocycles. The number of carbonyl (C=O) groups excluding carboxylic acids is 3. The zero-order valence-corrected chi connectivity index (χ0v) is 16.0. The molecule has 1 amide bonds. The van der Waals surface area contributed by atoms with Crippen molar-refractivity contribution in [2.45, 2.75) is 13.1 Å². The first-order chi connectivity index (χ1) is 14.5. The van der Waals surface area contributed by atoms with Crippen LogP contribution in [-0.2, 0) is 20.5 Å². The van der Waals surface area contributed by atoms with Gasteiger partial charge in [-0.15, -0.1) is 0 Å². The van der Waals surface area contributed by atoms with Crippen molar-refractivity contribution in [1.82, 2.24) is 0 Å². The summed E-state index contributed by atoms with van der Waals surface area (Å²) in [4.78, 5) is 44.9. The number of anilines is 2. The lowest BCUT2D eigenvalue weighted by atomic mass is 10.1. The Morgan fingerprint density at radius 2 is 1.84 bits per heavy atom. The Balaban J connectivity index is 1.91. The zero-order valence-electron chi connectivity index (χ0n) is 16.0. The average Bonchev–Trinajstić information content (AvgIpc) is 2.70. The number of halogens is 3. The molecule has 0 bridgehead atoms.